The second kappa shape index (κ2) is 14.0. The average molecular weight is 608 g/mol. The smallest absolute Gasteiger partial charge is 0.243 e. The number of rotatable bonds is 13. The summed E-state index contributed by atoms with van der Waals surface area (Å²) in [5, 5.41) is 17.1. The summed E-state index contributed by atoms with van der Waals surface area (Å²) in [5.74, 6) is -0.622. The summed E-state index contributed by atoms with van der Waals surface area (Å²) < 4.78 is 34.5. The molecule has 0 saturated carbocycles. The molecule has 1 aliphatic heterocycles. The van der Waals surface area contributed by atoms with E-state index in [1.165, 1.54) is 10.4 Å². The number of halogens is 1. The van der Waals surface area contributed by atoms with Crippen molar-refractivity contribution < 1.29 is 27.9 Å². The molecule has 1 aliphatic rings. The summed E-state index contributed by atoms with van der Waals surface area (Å²) in [6.45, 7) is 9.70. The molecule has 2 aromatic rings. The van der Waals surface area contributed by atoms with Crippen LogP contribution in [-0.2, 0) is 32.5 Å². The minimum atomic E-state index is -3.97. The fourth-order valence-corrected chi connectivity index (χ4v) is 6.53. The molecule has 226 valence electrons. The molecule has 1 heterocycles. The van der Waals surface area contributed by atoms with E-state index in [-0.39, 0.29) is 36.2 Å². The van der Waals surface area contributed by atoms with Gasteiger partial charge in [-0.2, -0.15) is 4.31 Å². The molecule has 0 unspecified atom stereocenters. The third-order valence-electron chi connectivity index (χ3n) is 6.90. The van der Waals surface area contributed by atoms with Crippen molar-refractivity contribution in [2.24, 2.45) is 11.3 Å². The van der Waals surface area contributed by atoms with Crippen LogP contribution in [0.15, 0.2) is 53.4 Å². The molecule has 0 aliphatic carbocycles. The Hall–Kier alpha value is -2.66. The van der Waals surface area contributed by atoms with Gasteiger partial charge in [0.1, 0.15) is 17.7 Å². The lowest BCUT2D eigenvalue weighted by Crippen LogP contribution is -2.59. The molecule has 3 rings (SSSR count). The number of aliphatic hydroxyl groups excluding tert-OH is 1. The minimum Gasteiger partial charge on any atom is -0.493 e. The SMILES string of the molecule is CC(C)CN(C[C@@H](O)[C@H](Cc1ccccc1)NC(=O)[C@@H](NC(=O)CCl)C(C)(C)C)S(=O)(=O)c1ccc2c(c1)CCO2. The predicted molar refractivity (Wildman–Crippen MR) is 159 cm³/mol. The Morgan fingerprint density at radius 3 is 2.37 bits per heavy atom. The zero-order valence-electron chi connectivity index (χ0n) is 24.4. The van der Waals surface area contributed by atoms with E-state index in [1.54, 1.807) is 12.1 Å². The monoisotopic (exact) mass is 607 g/mol. The van der Waals surface area contributed by atoms with Gasteiger partial charge in [0.25, 0.3) is 0 Å². The lowest BCUT2D eigenvalue weighted by atomic mass is 9.85. The molecule has 0 saturated heterocycles. The van der Waals surface area contributed by atoms with Crippen LogP contribution in [0, 0.1) is 11.3 Å². The molecule has 0 bridgehead atoms. The number of sulfonamides is 1. The van der Waals surface area contributed by atoms with Gasteiger partial charge in [0, 0.05) is 19.5 Å². The van der Waals surface area contributed by atoms with Gasteiger partial charge in [0.2, 0.25) is 21.8 Å². The van der Waals surface area contributed by atoms with E-state index in [0.29, 0.717) is 18.8 Å². The Kier molecular flexibility index (Phi) is 11.2. The highest BCUT2D eigenvalue weighted by molar-refractivity contribution is 7.89. The molecular weight excluding hydrogens is 566 g/mol. The lowest BCUT2D eigenvalue weighted by Gasteiger charge is -2.34. The molecular formula is C30H42ClN3O6S. The quantitative estimate of drug-likeness (QED) is 0.301. The van der Waals surface area contributed by atoms with Crippen LogP contribution < -0.4 is 15.4 Å². The van der Waals surface area contributed by atoms with Gasteiger partial charge in [-0.05, 0) is 47.1 Å². The number of aliphatic hydroxyl groups is 1. The van der Waals surface area contributed by atoms with Crippen LogP contribution in [-0.4, -0.2) is 73.4 Å². The third kappa shape index (κ3) is 8.91. The van der Waals surface area contributed by atoms with Crippen LogP contribution in [0.25, 0.3) is 0 Å². The van der Waals surface area contributed by atoms with Crippen LogP contribution >= 0.6 is 11.6 Å². The van der Waals surface area contributed by atoms with Crippen LogP contribution in [0.5, 0.6) is 5.75 Å². The second-order valence-electron chi connectivity index (χ2n) is 12.0. The normalized spacial score (nSPS) is 15.6. The molecule has 3 N–H and O–H groups in total. The first-order valence-electron chi connectivity index (χ1n) is 13.9. The van der Waals surface area contributed by atoms with E-state index in [0.717, 1.165) is 11.1 Å². The van der Waals surface area contributed by atoms with E-state index in [4.69, 9.17) is 16.3 Å². The van der Waals surface area contributed by atoms with Crippen molar-refractivity contribution in [1.29, 1.82) is 0 Å². The number of amides is 2. The third-order valence-corrected chi connectivity index (χ3v) is 8.97. The molecule has 0 radical (unpaired) electrons. The number of carbonyl (C=O) groups excluding carboxylic acids is 2. The Labute approximate surface area is 248 Å². The van der Waals surface area contributed by atoms with Crippen molar-refractivity contribution in [1.82, 2.24) is 14.9 Å². The molecule has 3 atom stereocenters. The first-order chi connectivity index (χ1) is 19.2. The molecule has 2 aromatic carbocycles. The first kappa shape index (κ1) is 32.8. The Bertz CT molecular complexity index is 1300. The zero-order chi connectivity index (χ0) is 30.4. The van der Waals surface area contributed by atoms with Gasteiger partial charge >= 0.3 is 0 Å². The van der Waals surface area contributed by atoms with Gasteiger partial charge < -0.3 is 20.5 Å². The summed E-state index contributed by atoms with van der Waals surface area (Å²) in [4.78, 5) is 25.7. The van der Waals surface area contributed by atoms with Gasteiger partial charge in [-0.1, -0.05) is 65.0 Å². The molecule has 0 fully saturated rings. The summed E-state index contributed by atoms with van der Waals surface area (Å²) in [7, 11) is -3.97. The van der Waals surface area contributed by atoms with Crippen molar-refractivity contribution >= 4 is 33.4 Å². The van der Waals surface area contributed by atoms with Gasteiger partial charge in [-0.15, -0.1) is 11.6 Å². The predicted octanol–water partition coefficient (Wildman–Crippen LogP) is 3.13. The Morgan fingerprint density at radius 1 is 1.07 bits per heavy atom. The van der Waals surface area contributed by atoms with Gasteiger partial charge in [0.15, 0.2) is 0 Å². The summed E-state index contributed by atoms with van der Waals surface area (Å²) in [5.41, 5.74) is 1.03. The summed E-state index contributed by atoms with van der Waals surface area (Å²) >= 11 is 5.68. The maximum atomic E-state index is 13.8. The maximum absolute atomic E-state index is 13.8. The van der Waals surface area contributed by atoms with Crippen LogP contribution in [0.2, 0.25) is 0 Å². The van der Waals surface area contributed by atoms with Gasteiger partial charge in [-0.25, -0.2) is 8.42 Å². The fourth-order valence-electron chi connectivity index (χ4n) is 4.78. The van der Waals surface area contributed by atoms with Gasteiger partial charge in [-0.3, -0.25) is 9.59 Å². The number of alkyl halides is 1. The van der Waals surface area contributed by atoms with Crippen molar-refractivity contribution in [2.75, 3.05) is 25.6 Å². The van der Waals surface area contributed by atoms with E-state index in [2.05, 4.69) is 10.6 Å². The molecule has 0 aromatic heterocycles. The topological polar surface area (TPSA) is 125 Å². The molecule has 9 nitrogen and oxygen atoms in total. The number of carbonyl (C=O) groups is 2. The number of ether oxygens (including phenoxy) is 1. The Balaban J connectivity index is 1.91. The van der Waals surface area contributed by atoms with Crippen molar-refractivity contribution in [3.8, 4) is 5.75 Å². The van der Waals surface area contributed by atoms with Crippen molar-refractivity contribution in [3.63, 3.8) is 0 Å². The molecule has 2 amide bonds. The van der Waals surface area contributed by atoms with Crippen LogP contribution in [0.1, 0.15) is 45.7 Å². The van der Waals surface area contributed by atoms with E-state index in [1.807, 2.05) is 65.0 Å². The highest BCUT2D eigenvalue weighted by atomic mass is 35.5. The number of nitrogens with zero attached hydrogens (tertiary/aromatic N) is 1. The van der Waals surface area contributed by atoms with Crippen LogP contribution in [0.3, 0.4) is 0 Å². The first-order valence-corrected chi connectivity index (χ1v) is 15.8. The van der Waals surface area contributed by atoms with E-state index < -0.39 is 45.4 Å². The largest absolute Gasteiger partial charge is 0.493 e. The standard InChI is InChI=1S/C30H42ClN3O6S/c1-20(2)18-34(41(38,39)23-11-12-26-22(16-23)13-14-40-26)19-25(35)24(15-21-9-7-6-8-10-21)32-29(37)28(30(3,4)5)33-27(36)17-31/h6-12,16,20,24-25,28,35H,13-15,17-19H2,1-5H3,(H,32,37)(H,33,36)/t24-,25+,28+/m0/s1. The molecule has 41 heavy (non-hydrogen) atoms. The average Bonchev–Trinajstić information content (AvgIpc) is 3.38. The van der Waals surface area contributed by atoms with Crippen LogP contribution in [0.4, 0.5) is 0 Å². The Morgan fingerprint density at radius 2 is 1.76 bits per heavy atom. The van der Waals surface area contributed by atoms with Crippen molar-refractivity contribution in [2.45, 2.75) is 70.5 Å². The summed E-state index contributed by atoms with van der Waals surface area (Å²) in [6.07, 6.45) is -0.374. The second-order valence-corrected chi connectivity index (χ2v) is 14.2. The number of nitrogens with one attached hydrogen (secondary N) is 2. The van der Waals surface area contributed by atoms with Crippen molar-refractivity contribution in [3.05, 3.63) is 59.7 Å². The minimum absolute atomic E-state index is 0.0204. The maximum Gasteiger partial charge on any atom is 0.243 e. The molecule has 11 heteroatoms. The lowest BCUT2D eigenvalue weighted by molar-refractivity contribution is -0.131. The number of hydrogen-bond acceptors (Lipinski definition) is 6. The zero-order valence-corrected chi connectivity index (χ0v) is 26.0. The highest BCUT2D eigenvalue weighted by Gasteiger charge is 2.36. The van der Waals surface area contributed by atoms with Gasteiger partial charge in [0.05, 0.1) is 23.6 Å². The number of hydrogen-bond donors (Lipinski definition) is 3. The molecule has 0 spiro atoms. The highest BCUT2D eigenvalue weighted by Crippen LogP contribution is 2.29. The summed E-state index contributed by atoms with van der Waals surface area (Å²) in [6, 6.07) is 12.4. The fraction of sp³-hybridized carbons (Fsp3) is 0.533. The number of benzene rings is 2. The van der Waals surface area contributed by atoms with E-state index in [9.17, 15) is 23.1 Å². The number of fused-ring (bicyclic) bond motifs is 1. The van der Waals surface area contributed by atoms with E-state index >= 15 is 0 Å².